The maximum Gasteiger partial charge on any atom is 0.257 e. The minimum Gasteiger partial charge on any atom is -0.469 e. The summed E-state index contributed by atoms with van der Waals surface area (Å²) in [5.41, 5.74) is 0. The first-order chi connectivity index (χ1) is 3.83. The number of nitrogens with one attached hydrogen (secondary N) is 1. The van der Waals surface area contributed by atoms with Gasteiger partial charge in [-0.25, -0.2) is 0 Å². The lowest BCUT2D eigenvalue weighted by molar-refractivity contribution is 0.329. The van der Waals surface area contributed by atoms with E-state index >= 15 is 0 Å². The number of ether oxygens (including phenoxy) is 1. The Hall–Kier alpha value is -0.310. The van der Waals surface area contributed by atoms with Crippen LogP contribution >= 0.6 is 12.2 Å². The Balaban J connectivity index is 2.32. The van der Waals surface area contributed by atoms with Crippen molar-refractivity contribution >= 4 is 17.4 Å². The predicted octanol–water partition coefficient (Wildman–Crippen LogP) is 0.670. The van der Waals surface area contributed by atoms with E-state index in [0.29, 0.717) is 11.2 Å². The van der Waals surface area contributed by atoms with Gasteiger partial charge in [0.25, 0.3) is 5.17 Å². The highest BCUT2D eigenvalue weighted by Gasteiger charge is 2.15. The van der Waals surface area contributed by atoms with Crippen LogP contribution in [0.2, 0.25) is 0 Å². The molecule has 0 aromatic heterocycles. The largest absolute Gasteiger partial charge is 0.469 e. The van der Waals surface area contributed by atoms with Gasteiger partial charge < -0.3 is 10.1 Å². The topological polar surface area (TPSA) is 21.3 Å². The number of hydrogen-bond donors (Lipinski definition) is 1. The van der Waals surface area contributed by atoms with Crippen LogP contribution in [-0.4, -0.2) is 17.8 Å². The van der Waals surface area contributed by atoms with E-state index in [4.69, 9.17) is 17.0 Å². The molecule has 1 fully saturated rings. The summed E-state index contributed by atoms with van der Waals surface area (Å²) < 4.78 is 4.98. The molecule has 1 rings (SSSR count). The monoisotopic (exact) mass is 131 g/mol. The van der Waals surface area contributed by atoms with Gasteiger partial charge in [0, 0.05) is 0 Å². The number of thiocarbonyl (C=S) groups is 1. The quantitative estimate of drug-likeness (QED) is 0.528. The molecule has 0 unspecified atom stereocenters. The van der Waals surface area contributed by atoms with Gasteiger partial charge in [0.1, 0.15) is 6.61 Å². The van der Waals surface area contributed by atoms with Gasteiger partial charge in [-0.2, -0.15) is 0 Å². The third-order valence-corrected chi connectivity index (χ3v) is 1.47. The summed E-state index contributed by atoms with van der Waals surface area (Å²) in [6.45, 7) is 2.85. The fourth-order valence-electron chi connectivity index (χ4n) is 0.646. The summed E-state index contributed by atoms with van der Waals surface area (Å²) in [4.78, 5) is 0. The van der Waals surface area contributed by atoms with E-state index in [2.05, 4.69) is 12.2 Å². The molecule has 0 bridgehead atoms. The highest BCUT2D eigenvalue weighted by atomic mass is 32.1. The van der Waals surface area contributed by atoms with Crippen LogP contribution in [-0.2, 0) is 4.74 Å². The average Bonchev–Trinajstić information content (AvgIpc) is 2.14. The Labute approximate surface area is 54.2 Å². The van der Waals surface area contributed by atoms with Crippen molar-refractivity contribution in [2.24, 2.45) is 0 Å². The molecule has 1 heterocycles. The van der Waals surface area contributed by atoms with Crippen molar-refractivity contribution in [3.05, 3.63) is 0 Å². The van der Waals surface area contributed by atoms with Crippen molar-refractivity contribution in [3.63, 3.8) is 0 Å². The van der Waals surface area contributed by atoms with E-state index in [1.165, 1.54) is 0 Å². The van der Waals surface area contributed by atoms with Gasteiger partial charge in [0.15, 0.2) is 0 Å². The normalized spacial score (nSPS) is 27.1. The van der Waals surface area contributed by atoms with Crippen molar-refractivity contribution in [3.8, 4) is 0 Å². The van der Waals surface area contributed by atoms with Gasteiger partial charge in [0.2, 0.25) is 0 Å². The zero-order chi connectivity index (χ0) is 5.98. The molecule has 0 aromatic carbocycles. The number of rotatable bonds is 1. The molecule has 1 aliphatic rings. The van der Waals surface area contributed by atoms with Crippen LogP contribution in [0, 0.1) is 0 Å². The van der Waals surface area contributed by atoms with Gasteiger partial charge in [0.05, 0.1) is 6.04 Å². The third-order valence-electron chi connectivity index (χ3n) is 1.23. The molecule has 0 spiro atoms. The summed E-state index contributed by atoms with van der Waals surface area (Å²) in [5, 5.41) is 3.57. The lowest BCUT2D eigenvalue weighted by Crippen LogP contribution is -2.24. The van der Waals surface area contributed by atoms with Crippen molar-refractivity contribution in [1.82, 2.24) is 5.32 Å². The molecule has 1 atom stereocenters. The summed E-state index contributed by atoms with van der Waals surface area (Å²) in [6, 6.07) is 0.461. The maximum absolute atomic E-state index is 4.98. The molecule has 1 N–H and O–H groups in total. The highest BCUT2D eigenvalue weighted by Crippen LogP contribution is 2.00. The summed E-state index contributed by atoms with van der Waals surface area (Å²) >= 11 is 4.73. The molecule has 46 valence electrons. The fourth-order valence-corrected chi connectivity index (χ4v) is 0.881. The molecular formula is C5H9NOS. The van der Waals surface area contributed by atoms with Crippen LogP contribution in [0.5, 0.6) is 0 Å². The van der Waals surface area contributed by atoms with Gasteiger partial charge in [-0.1, -0.05) is 6.92 Å². The molecule has 1 saturated heterocycles. The zero-order valence-corrected chi connectivity index (χ0v) is 5.62. The summed E-state index contributed by atoms with van der Waals surface area (Å²) in [5.74, 6) is 0. The molecule has 0 saturated carbocycles. The maximum atomic E-state index is 4.98. The first-order valence-corrected chi connectivity index (χ1v) is 3.17. The van der Waals surface area contributed by atoms with Gasteiger partial charge in [-0.3, -0.25) is 0 Å². The molecule has 0 amide bonds. The molecule has 8 heavy (non-hydrogen) atoms. The molecular weight excluding hydrogens is 122 g/mol. The standard InChI is InChI=1S/C5H9NOS/c1-2-4-3-7-5(8)6-4/h4H,2-3H2,1H3,(H,6,8)/t4-/m1/s1. The van der Waals surface area contributed by atoms with Crippen LogP contribution in [0.25, 0.3) is 0 Å². The highest BCUT2D eigenvalue weighted by molar-refractivity contribution is 7.80. The Kier molecular flexibility index (Phi) is 1.68. The predicted molar refractivity (Wildman–Crippen MR) is 35.8 cm³/mol. The first kappa shape index (κ1) is 5.82. The van der Waals surface area contributed by atoms with Gasteiger partial charge in [-0.05, 0) is 18.6 Å². The van der Waals surface area contributed by atoms with Crippen LogP contribution in [0.15, 0.2) is 0 Å². The second kappa shape index (κ2) is 2.31. The fraction of sp³-hybridized carbons (Fsp3) is 0.800. The summed E-state index contributed by atoms with van der Waals surface area (Å²) in [6.07, 6.45) is 1.08. The first-order valence-electron chi connectivity index (χ1n) is 2.76. The van der Waals surface area contributed by atoms with E-state index < -0.39 is 0 Å². The van der Waals surface area contributed by atoms with Gasteiger partial charge >= 0.3 is 0 Å². The Morgan fingerprint density at radius 1 is 2.00 bits per heavy atom. The molecule has 0 aromatic rings. The van der Waals surface area contributed by atoms with E-state index in [0.717, 1.165) is 13.0 Å². The number of hydrogen-bond acceptors (Lipinski definition) is 2. The Morgan fingerprint density at radius 2 is 2.75 bits per heavy atom. The Morgan fingerprint density at radius 3 is 3.00 bits per heavy atom. The minimum atomic E-state index is 0.461. The van der Waals surface area contributed by atoms with Crippen molar-refractivity contribution in [2.75, 3.05) is 6.61 Å². The van der Waals surface area contributed by atoms with Crippen molar-refractivity contribution in [1.29, 1.82) is 0 Å². The van der Waals surface area contributed by atoms with Crippen molar-refractivity contribution in [2.45, 2.75) is 19.4 Å². The van der Waals surface area contributed by atoms with E-state index in [1.807, 2.05) is 0 Å². The molecule has 3 heteroatoms. The van der Waals surface area contributed by atoms with Crippen molar-refractivity contribution < 1.29 is 4.74 Å². The van der Waals surface area contributed by atoms with Crippen LogP contribution < -0.4 is 5.32 Å². The SMILES string of the molecule is CC[C@@H]1COC(=S)N1. The van der Waals surface area contributed by atoms with E-state index in [9.17, 15) is 0 Å². The molecule has 1 aliphatic heterocycles. The zero-order valence-electron chi connectivity index (χ0n) is 4.81. The minimum absolute atomic E-state index is 0.461. The molecule has 2 nitrogen and oxygen atoms in total. The van der Waals surface area contributed by atoms with E-state index in [-0.39, 0.29) is 0 Å². The van der Waals surface area contributed by atoms with Crippen LogP contribution in [0.4, 0.5) is 0 Å². The van der Waals surface area contributed by atoms with E-state index in [1.54, 1.807) is 0 Å². The van der Waals surface area contributed by atoms with Crippen LogP contribution in [0.1, 0.15) is 13.3 Å². The van der Waals surface area contributed by atoms with Crippen LogP contribution in [0.3, 0.4) is 0 Å². The van der Waals surface area contributed by atoms with Gasteiger partial charge in [-0.15, -0.1) is 0 Å². The second-order valence-corrected chi connectivity index (χ2v) is 2.22. The molecule has 0 aliphatic carbocycles. The lowest BCUT2D eigenvalue weighted by Gasteiger charge is -1.99. The smallest absolute Gasteiger partial charge is 0.257 e. The average molecular weight is 131 g/mol. The third kappa shape index (κ3) is 1.10. The lowest BCUT2D eigenvalue weighted by atomic mass is 10.3. The second-order valence-electron chi connectivity index (χ2n) is 1.85. The Bertz CT molecular complexity index is 105. The molecule has 0 radical (unpaired) electrons. The summed E-state index contributed by atoms with van der Waals surface area (Å²) in [7, 11) is 0.